The summed E-state index contributed by atoms with van der Waals surface area (Å²) in [5, 5.41) is 10.3. The van der Waals surface area contributed by atoms with E-state index >= 15 is 0 Å². The van der Waals surface area contributed by atoms with Crippen molar-refractivity contribution in [2.24, 2.45) is 0 Å². The summed E-state index contributed by atoms with van der Waals surface area (Å²) < 4.78 is 1.68. The lowest BCUT2D eigenvalue weighted by Crippen LogP contribution is -2.31. The largest absolute Gasteiger partial charge is 0.350 e. The molecule has 1 atom stereocenters. The minimum absolute atomic E-state index is 0.104. The number of hydrogen-bond acceptors (Lipinski definition) is 4. The van der Waals surface area contributed by atoms with Gasteiger partial charge in [-0.3, -0.25) is 9.36 Å². The quantitative estimate of drug-likeness (QED) is 0.878. The number of carbonyl (C=O) groups is 1. The second-order valence-electron chi connectivity index (χ2n) is 4.06. The van der Waals surface area contributed by atoms with Gasteiger partial charge in [-0.1, -0.05) is 6.92 Å². The normalized spacial score (nSPS) is 12.1. The van der Waals surface area contributed by atoms with Crippen molar-refractivity contribution in [2.75, 3.05) is 0 Å². The van der Waals surface area contributed by atoms with Crippen molar-refractivity contribution in [3.05, 3.63) is 36.5 Å². The fourth-order valence-electron chi connectivity index (χ4n) is 1.40. The van der Waals surface area contributed by atoms with E-state index in [0.717, 1.165) is 6.42 Å². The molecule has 1 unspecified atom stereocenters. The zero-order valence-electron chi connectivity index (χ0n) is 10.4. The molecule has 6 nitrogen and oxygen atoms in total. The van der Waals surface area contributed by atoms with E-state index in [-0.39, 0.29) is 11.9 Å². The Morgan fingerprint density at radius 3 is 2.67 bits per heavy atom. The maximum absolute atomic E-state index is 11.8. The first-order valence-electron chi connectivity index (χ1n) is 5.82. The Hall–Kier alpha value is -2.24. The zero-order valence-corrected chi connectivity index (χ0v) is 10.4. The summed E-state index contributed by atoms with van der Waals surface area (Å²) in [6.45, 7) is 4.00. The first kappa shape index (κ1) is 12.2. The molecule has 0 aliphatic carbocycles. The lowest BCUT2D eigenvalue weighted by atomic mass is 10.2. The smallest absolute Gasteiger partial charge is 0.253 e. The molecule has 18 heavy (non-hydrogen) atoms. The molecule has 2 heterocycles. The Bertz CT molecular complexity index is 506. The topological polar surface area (TPSA) is 72.7 Å². The molecule has 1 amide bonds. The van der Waals surface area contributed by atoms with Gasteiger partial charge < -0.3 is 5.32 Å². The van der Waals surface area contributed by atoms with E-state index in [9.17, 15) is 4.79 Å². The molecular formula is C12H15N5O. The van der Waals surface area contributed by atoms with Crippen LogP contribution in [0.4, 0.5) is 0 Å². The summed E-state index contributed by atoms with van der Waals surface area (Å²) in [6, 6.07) is 3.66. The van der Waals surface area contributed by atoms with Crippen LogP contribution in [-0.4, -0.2) is 31.7 Å². The van der Waals surface area contributed by atoms with Crippen LogP contribution in [0.3, 0.4) is 0 Å². The monoisotopic (exact) mass is 245 g/mol. The maximum Gasteiger partial charge on any atom is 0.253 e. The Kier molecular flexibility index (Phi) is 3.66. The lowest BCUT2D eigenvalue weighted by molar-refractivity contribution is 0.0939. The highest BCUT2D eigenvalue weighted by Crippen LogP contribution is 2.05. The minimum Gasteiger partial charge on any atom is -0.350 e. The third kappa shape index (κ3) is 2.71. The zero-order chi connectivity index (χ0) is 13.0. The molecule has 0 spiro atoms. The van der Waals surface area contributed by atoms with Crippen molar-refractivity contribution >= 4 is 5.91 Å². The number of carbonyl (C=O) groups excluding carboxylic acids is 1. The number of nitrogens with zero attached hydrogens (tertiary/aromatic N) is 4. The first-order chi connectivity index (χ1) is 8.70. The molecule has 0 fully saturated rings. The number of hydrogen-bond donors (Lipinski definition) is 1. The standard InChI is InChI=1S/C12H15N5O/c1-3-9(2)16-12(18)10-4-5-11(13-6-10)17-7-14-15-8-17/h4-9H,3H2,1-2H3,(H,16,18). The van der Waals surface area contributed by atoms with Gasteiger partial charge in [0.15, 0.2) is 0 Å². The molecule has 2 rings (SSSR count). The Morgan fingerprint density at radius 1 is 1.39 bits per heavy atom. The summed E-state index contributed by atoms with van der Waals surface area (Å²) in [6.07, 6.45) is 5.56. The predicted molar refractivity (Wildman–Crippen MR) is 66.4 cm³/mol. The summed E-state index contributed by atoms with van der Waals surface area (Å²) in [5.74, 6) is 0.576. The molecule has 1 N–H and O–H groups in total. The fourth-order valence-corrected chi connectivity index (χ4v) is 1.40. The molecule has 94 valence electrons. The summed E-state index contributed by atoms with van der Waals surface area (Å²) in [7, 11) is 0. The van der Waals surface area contributed by atoms with Crippen molar-refractivity contribution in [3.63, 3.8) is 0 Å². The van der Waals surface area contributed by atoms with Crippen molar-refractivity contribution in [1.82, 2.24) is 25.1 Å². The number of nitrogens with one attached hydrogen (secondary N) is 1. The SMILES string of the molecule is CCC(C)NC(=O)c1ccc(-n2cnnc2)nc1. The minimum atomic E-state index is -0.104. The Morgan fingerprint density at radius 2 is 2.11 bits per heavy atom. The molecule has 0 saturated heterocycles. The van der Waals surface area contributed by atoms with E-state index in [1.165, 1.54) is 0 Å². The van der Waals surface area contributed by atoms with Crippen LogP contribution in [-0.2, 0) is 0 Å². The molecule has 0 radical (unpaired) electrons. The highest BCUT2D eigenvalue weighted by atomic mass is 16.1. The number of rotatable bonds is 4. The number of pyridine rings is 1. The second kappa shape index (κ2) is 5.39. The molecule has 0 aliphatic heterocycles. The van der Waals surface area contributed by atoms with Gasteiger partial charge in [0.1, 0.15) is 18.5 Å². The van der Waals surface area contributed by atoms with Gasteiger partial charge >= 0.3 is 0 Å². The molecule has 0 aromatic carbocycles. The summed E-state index contributed by atoms with van der Waals surface area (Å²) in [4.78, 5) is 16.0. The van der Waals surface area contributed by atoms with Crippen LogP contribution in [0.5, 0.6) is 0 Å². The average molecular weight is 245 g/mol. The van der Waals surface area contributed by atoms with Gasteiger partial charge in [-0.25, -0.2) is 4.98 Å². The van der Waals surface area contributed by atoms with Crippen LogP contribution in [0.25, 0.3) is 5.82 Å². The maximum atomic E-state index is 11.8. The Balaban J connectivity index is 2.10. The Labute approximate surface area is 105 Å². The second-order valence-corrected chi connectivity index (χ2v) is 4.06. The summed E-state index contributed by atoms with van der Waals surface area (Å²) >= 11 is 0. The van der Waals surface area contributed by atoms with Crippen molar-refractivity contribution < 1.29 is 4.79 Å². The summed E-state index contributed by atoms with van der Waals surface area (Å²) in [5.41, 5.74) is 0.548. The van der Waals surface area contributed by atoms with Crippen LogP contribution in [0, 0.1) is 0 Å². The van der Waals surface area contributed by atoms with Crippen LogP contribution in [0.1, 0.15) is 30.6 Å². The van der Waals surface area contributed by atoms with Crippen LogP contribution < -0.4 is 5.32 Å². The van der Waals surface area contributed by atoms with Gasteiger partial charge in [0, 0.05) is 12.2 Å². The third-order valence-electron chi connectivity index (χ3n) is 2.68. The molecular weight excluding hydrogens is 230 g/mol. The molecule has 6 heteroatoms. The van der Waals surface area contributed by atoms with E-state index in [4.69, 9.17) is 0 Å². The highest BCUT2D eigenvalue weighted by Gasteiger charge is 2.09. The highest BCUT2D eigenvalue weighted by molar-refractivity contribution is 5.94. The van der Waals surface area contributed by atoms with Crippen molar-refractivity contribution in [1.29, 1.82) is 0 Å². The number of aromatic nitrogens is 4. The van der Waals surface area contributed by atoms with Gasteiger partial charge in [-0.2, -0.15) is 0 Å². The van der Waals surface area contributed by atoms with Gasteiger partial charge in [-0.05, 0) is 25.5 Å². The van der Waals surface area contributed by atoms with E-state index < -0.39 is 0 Å². The van der Waals surface area contributed by atoms with Crippen LogP contribution in [0.2, 0.25) is 0 Å². The molecule has 0 bridgehead atoms. The van der Waals surface area contributed by atoms with Gasteiger partial charge in [0.2, 0.25) is 0 Å². The van der Waals surface area contributed by atoms with Crippen LogP contribution >= 0.6 is 0 Å². The van der Waals surface area contributed by atoms with E-state index in [0.29, 0.717) is 11.4 Å². The van der Waals surface area contributed by atoms with Crippen molar-refractivity contribution in [3.8, 4) is 5.82 Å². The molecule has 2 aromatic heterocycles. The van der Waals surface area contributed by atoms with Crippen molar-refractivity contribution in [2.45, 2.75) is 26.3 Å². The van der Waals surface area contributed by atoms with E-state index in [1.807, 2.05) is 13.8 Å². The van der Waals surface area contributed by atoms with E-state index in [1.54, 1.807) is 35.6 Å². The predicted octanol–water partition coefficient (Wildman–Crippen LogP) is 1.19. The average Bonchev–Trinajstić information content (AvgIpc) is 2.92. The van der Waals surface area contributed by atoms with Gasteiger partial charge in [0.05, 0.1) is 5.56 Å². The molecule has 0 saturated carbocycles. The molecule has 2 aromatic rings. The fraction of sp³-hybridized carbons (Fsp3) is 0.333. The van der Waals surface area contributed by atoms with Crippen LogP contribution in [0.15, 0.2) is 31.0 Å². The lowest BCUT2D eigenvalue weighted by Gasteiger charge is -2.11. The molecule has 0 aliphatic rings. The van der Waals surface area contributed by atoms with Gasteiger partial charge in [0.25, 0.3) is 5.91 Å². The first-order valence-corrected chi connectivity index (χ1v) is 5.82. The van der Waals surface area contributed by atoms with Gasteiger partial charge in [-0.15, -0.1) is 10.2 Å². The number of amides is 1. The van der Waals surface area contributed by atoms with E-state index in [2.05, 4.69) is 20.5 Å². The third-order valence-corrected chi connectivity index (χ3v) is 2.68.